The minimum absolute atomic E-state index is 0.00888. The van der Waals surface area contributed by atoms with Crippen LogP contribution in [-0.2, 0) is 16.0 Å². The van der Waals surface area contributed by atoms with Crippen molar-refractivity contribution < 1.29 is 24.2 Å². The highest BCUT2D eigenvalue weighted by molar-refractivity contribution is 6.38. The van der Waals surface area contributed by atoms with Crippen LogP contribution in [0.5, 0.6) is 5.75 Å². The summed E-state index contributed by atoms with van der Waals surface area (Å²) in [6, 6.07) is 9.06. The summed E-state index contributed by atoms with van der Waals surface area (Å²) in [6.45, 7) is 1.21. The van der Waals surface area contributed by atoms with E-state index >= 15 is 0 Å². The number of carboxylic acid groups (broad SMARTS) is 1. The van der Waals surface area contributed by atoms with Gasteiger partial charge in [-0.1, -0.05) is 35.3 Å². The molecule has 0 bridgehead atoms. The Morgan fingerprint density at radius 3 is 2.12 bits per heavy atom. The molecule has 0 aliphatic rings. The van der Waals surface area contributed by atoms with Gasteiger partial charge >= 0.3 is 11.9 Å². The van der Waals surface area contributed by atoms with Gasteiger partial charge in [0, 0.05) is 18.2 Å². The first-order chi connectivity index (χ1) is 11.8. The van der Waals surface area contributed by atoms with Crippen molar-refractivity contribution in [3.8, 4) is 5.75 Å². The van der Waals surface area contributed by atoms with E-state index in [-0.39, 0.29) is 27.8 Å². The van der Waals surface area contributed by atoms with Gasteiger partial charge in [0.2, 0.25) is 0 Å². The fraction of sp³-hybridized carbons (Fsp3) is 0.118. The molecule has 1 amide bonds. The smallest absolute Gasteiger partial charge is 0.308 e. The first kappa shape index (κ1) is 18.8. The molecule has 8 heteroatoms. The van der Waals surface area contributed by atoms with E-state index < -0.39 is 17.8 Å². The minimum atomic E-state index is -0.936. The number of anilines is 1. The molecule has 0 aliphatic carbocycles. The van der Waals surface area contributed by atoms with E-state index in [0.717, 1.165) is 0 Å². The van der Waals surface area contributed by atoms with Gasteiger partial charge in [-0.2, -0.15) is 0 Å². The number of rotatable bonds is 5. The summed E-state index contributed by atoms with van der Waals surface area (Å²) in [5, 5.41) is 11.4. The zero-order valence-electron chi connectivity index (χ0n) is 13.0. The Bertz CT molecular complexity index is 810. The van der Waals surface area contributed by atoms with Crippen molar-refractivity contribution in [3.63, 3.8) is 0 Å². The van der Waals surface area contributed by atoms with Gasteiger partial charge in [-0.05, 0) is 29.8 Å². The van der Waals surface area contributed by atoms with Gasteiger partial charge < -0.3 is 15.2 Å². The number of nitrogens with one attached hydrogen (secondary N) is 1. The predicted molar refractivity (Wildman–Crippen MR) is 93.5 cm³/mol. The second-order valence-electron chi connectivity index (χ2n) is 5.08. The Morgan fingerprint density at radius 1 is 1.08 bits per heavy atom. The lowest BCUT2D eigenvalue weighted by atomic mass is 10.1. The molecule has 0 saturated carbocycles. The molecule has 0 atom stereocenters. The molecule has 0 aliphatic heterocycles. The molecule has 2 N–H and O–H groups in total. The Hall–Kier alpha value is -2.57. The summed E-state index contributed by atoms with van der Waals surface area (Å²) < 4.78 is 4.89. The van der Waals surface area contributed by atoms with Crippen molar-refractivity contribution in [2.24, 2.45) is 0 Å². The molecule has 6 nitrogen and oxygen atoms in total. The van der Waals surface area contributed by atoms with E-state index in [4.69, 9.17) is 33.0 Å². The number of amides is 1. The quantitative estimate of drug-likeness (QED) is 0.606. The molecule has 2 aromatic carbocycles. The molecule has 0 unspecified atom stereocenters. The second kappa shape index (κ2) is 8.00. The molecule has 0 saturated heterocycles. The van der Waals surface area contributed by atoms with E-state index in [9.17, 15) is 14.4 Å². The highest BCUT2D eigenvalue weighted by atomic mass is 35.5. The minimum Gasteiger partial charge on any atom is -0.481 e. The molecule has 0 radical (unpaired) electrons. The number of hydrogen-bond acceptors (Lipinski definition) is 4. The number of carbonyl (C=O) groups excluding carboxylic acids is 2. The Labute approximate surface area is 153 Å². The fourth-order valence-corrected chi connectivity index (χ4v) is 2.58. The summed E-state index contributed by atoms with van der Waals surface area (Å²) in [6.07, 6.45) is -0.100. The van der Waals surface area contributed by atoms with E-state index in [1.54, 1.807) is 24.3 Å². The monoisotopic (exact) mass is 381 g/mol. The highest BCUT2D eigenvalue weighted by Crippen LogP contribution is 2.34. The van der Waals surface area contributed by atoms with Crippen molar-refractivity contribution in [2.45, 2.75) is 13.3 Å². The maximum Gasteiger partial charge on any atom is 0.308 e. The Kier molecular flexibility index (Phi) is 6.01. The van der Waals surface area contributed by atoms with Crippen LogP contribution >= 0.6 is 23.2 Å². The van der Waals surface area contributed by atoms with Crippen molar-refractivity contribution in [1.29, 1.82) is 0 Å². The molecule has 130 valence electrons. The molecule has 0 aromatic heterocycles. The van der Waals surface area contributed by atoms with Crippen molar-refractivity contribution in [3.05, 3.63) is 57.6 Å². The van der Waals surface area contributed by atoms with Crippen molar-refractivity contribution >= 4 is 46.7 Å². The first-order valence-electron chi connectivity index (χ1n) is 7.06. The zero-order chi connectivity index (χ0) is 18.6. The van der Waals surface area contributed by atoms with Crippen molar-refractivity contribution in [1.82, 2.24) is 0 Å². The first-order valence-corrected chi connectivity index (χ1v) is 7.81. The summed E-state index contributed by atoms with van der Waals surface area (Å²) >= 11 is 12.0. The normalized spacial score (nSPS) is 10.2. The average Bonchev–Trinajstić information content (AvgIpc) is 2.51. The van der Waals surface area contributed by atoms with E-state index in [1.165, 1.54) is 19.1 Å². The maximum atomic E-state index is 12.3. The third kappa shape index (κ3) is 5.20. The molecule has 0 spiro atoms. The topological polar surface area (TPSA) is 92.7 Å². The molecule has 2 aromatic rings. The number of esters is 1. The average molecular weight is 382 g/mol. The van der Waals surface area contributed by atoms with Crippen LogP contribution in [0.25, 0.3) is 0 Å². The van der Waals surface area contributed by atoms with Gasteiger partial charge in [-0.3, -0.25) is 14.4 Å². The van der Waals surface area contributed by atoms with E-state index in [1.807, 2.05) is 0 Å². The lowest BCUT2D eigenvalue weighted by Gasteiger charge is -2.10. The van der Waals surface area contributed by atoms with Crippen LogP contribution < -0.4 is 10.1 Å². The van der Waals surface area contributed by atoms with Crippen LogP contribution in [0.1, 0.15) is 22.8 Å². The highest BCUT2D eigenvalue weighted by Gasteiger charge is 2.16. The van der Waals surface area contributed by atoms with E-state index in [0.29, 0.717) is 11.3 Å². The summed E-state index contributed by atoms with van der Waals surface area (Å²) in [5.74, 6) is -1.99. The Balaban J connectivity index is 2.15. The lowest BCUT2D eigenvalue weighted by Crippen LogP contribution is -2.12. The fourth-order valence-electron chi connectivity index (χ4n) is 2.02. The number of ether oxygens (including phenoxy) is 1. The van der Waals surface area contributed by atoms with Gasteiger partial charge in [-0.15, -0.1) is 0 Å². The maximum absolute atomic E-state index is 12.3. The lowest BCUT2D eigenvalue weighted by molar-refractivity contribution is -0.136. The summed E-state index contributed by atoms with van der Waals surface area (Å²) in [5.41, 5.74) is 1.28. The van der Waals surface area contributed by atoms with Crippen molar-refractivity contribution in [2.75, 3.05) is 5.32 Å². The number of carbonyl (C=O) groups is 3. The molecule has 2 rings (SSSR count). The standard InChI is InChI=1S/C17H13Cl2NO5/c1-9(21)25-16-13(18)7-11(8-14(16)19)17(24)20-12-4-2-10(3-5-12)6-15(22)23/h2-5,7-8H,6H2,1H3,(H,20,24)(H,22,23). The molecule has 0 heterocycles. The zero-order valence-corrected chi connectivity index (χ0v) is 14.5. The predicted octanol–water partition coefficient (Wildman–Crippen LogP) is 3.80. The van der Waals surface area contributed by atoms with E-state index in [2.05, 4.69) is 5.32 Å². The van der Waals surface area contributed by atoms with Gasteiger partial charge in [0.25, 0.3) is 5.91 Å². The SMILES string of the molecule is CC(=O)Oc1c(Cl)cc(C(=O)Nc2ccc(CC(=O)O)cc2)cc1Cl. The number of hydrogen-bond donors (Lipinski definition) is 2. The number of halogens is 2. The Morgan fingerprint density at radius 2 is 1.64 bits per heavy atom. The van der Waals surface area contributed by atoms with Crippen LogP contribution in [0.15, 0.2) is 36.4 Å². The molecular formula is C17H13Cl2NO5. The molecular weight excluding hydrogens is 369 g/mol. The van der Waals surface area contributed by atoms with Crippen LogP contribution in [0, 0.1) is 0 Å². The molecule has 25 heavy (non-hydrogen) atoms. The summed E-state index contributed by atoms with van der Waals surface area (Å²) in [7, 11) is 0. The van der Waals surface area contributed by atoms with Gasteiger partial charge in [-0.25, -0.2) is 0 Å². The van der Waals surface area contributed by atoms with Crippen LogP contribution in [0.3, 0.4) is 0 Å². The molecule has 0 fully saturated rings. The van der Waals surface area contributed by atoms with Gasteiger partial charge in [0.15, 0.2) is 5.75 Å². The van der Waals surface area contributed by atoms with Crippen LogP contribution in [0.4, 0.5) is 5.69 Å². The van der Waals surface area contributed by atoms with Crippen LogP contribution in [-0.4, -0.2) is 23.0 Å². The number of aliphatic carboxylic acids is 1. The third-order valence-electron chi connectivity index (χ3n) is 3.07. The van der Waals surface area contributed by atoms with Gasteiger partial charge in [0.1, 0.15) is 0 Å². The third-order valence-corrected chi connectivity index (χ3v) is 3.63. The second-order valence-corrected chi connectivity index (χ2v) is 5.90. The van der Waals surface area contributed by atoms with Crippen LogP contribution in [0.2, 0.25) is 10.0 Å². The largest absolute Gasteiger partial charge is 0.481 e. The summed E-state index contributed by atoms with van der Waals surface area (Å²) in [4.78, 5) is 33.9. The number of benzene rings is 2. The number of carboxylic acids is 1. The van der Waals surface area contributed by atoms with Gasteiger partial charge in [0.05, 0.1) is 16.5 Å².